The Kier molecular flexibility index (Phi) is 8.97. The number of methoxy groups -OCH3 is 1. The number of carbonyl (C=O) groups is 1. The second-order valence-corrected chi connectivity index (χ2v) is 14.6. The number of carbonyl (C=O) groups excluding carboxylic acids is 1. The van der Waals surface area contributed by atoms with E-state index < -0.39 is 10.9 Å². The highest BCUT2D eigenvalue weighted by Gasteiger charge is 2.26. The second kappa shape index (κ2) is 14.5. The van der Waals surface area contributed by atoms with Gasteiger partial charge in [0.15, 0.2) is 0 Å². The van der Waals surface area contributed by atoms with Crippen LogP contribution in [0.1, 0.15) is 49.8 Å². The maximum absolute atomic E-state index is 12.9. The number of aryl methyl sites for hydroxylation is 3. The molecular formula is C49H37N5O4. The molecule has 2 aliphatic rings. The molecule has 0 fully saturated rings. The molecule has 282 valence electrons. The summed E-state index contributed by atoms with van der Waals surface area (Å²) < 4.78 is 5.04. The molecule has 0 unspecified atom stereocenters. The van der Waals surface area contributed by atoms with Crippen LogP contribution in [0, 0.1) is 30.9 Å². The molecular weight excluding hydrogens is 723 g/mol. The van der Waals surface area contributed by atoms with Crippen molar-refractivity contribution in [1.82, 2.24) is 19.9 Å². The van der Waals surface area contributed by atoms with Gasteiger partial charge in [0.25, 0.3) is 5.69 Å². The Hall–Kier alpha value is -7.65. The molecule has 0 saturated carbocycles. The molecule has 58 heavy (non-hydrogen) atoms. The lowest BCUT2D eigenvalue weighted by atomic mass is 9.98. The number of hydrogen-bond donors (Lipinski definition) is 2. The summed E-state index contributed by atoms with van der Waals surface area (Å²) in [5.74, 6) is -0.617. The molecule has 0 spiro atoms. The molecule has 9 rings (SSSR count). The molecule has 8 bridgehead atoms. The first-order chi connectivity index (χ1) is 28.1. The van der Waals surface area contributed by atoms with Crippen LogP contribution in [0.25, 0.3) is 90.9 Å². The monoisotopic (exact) mass is 759 g/mol. The predicted octanol–water partition coefficient (Wildman–Crippen LogP) is 11.9. The van der Waals surface area contributed by atoms with Gasteiger partial charge in [0.1, 0.15) is 0 Å². The Morgan fingerprint density at radius 2 is 0.914 bits per heavy atom. The number of aromatic amines is 2. The highest BCUT2D eigenvalue weighted by atomic mass is 16.6. The van der Waals surface area contributed by atoms with E-state index in [9.17, 15) is 14.9 Å². The number of H-pyrrole nitrogens is 2. The highest BCUT2D eigenvalue weighted by molar-refractivity contribution is 6.01. The third kappa shape index (κ3) is 6.48. The molecule has 0 radical (unpaired) electrons. The topological polar surface area (TPSA) is 127 Å². The summed E-state index contributed by atoms with van der Waals surface area (Å²) in [6, 6.07) is 37.6. The van der Waals surface area contributed by atoms with E-state index in [2.05, 4.69) is 114 Å². The van der Waals surface area contributed by atoms with Crippen LogP contribution in [0.5, 0.6) is 0 Å². The summed E-state index contributed by atoms with van der Waals surface area (Å²) in [6.45, 7) is 6.18. The molecule has 9 heteroatoms. The maximum Gasteiger partial charge on any atom is 0.337 e. The van der Waals surface area contributed by atoms with Gasteiger partial charge >= 0.3 is 5.97 Å². The van der Waals surface area contributed by atoms with Crippen molar-refractivity contribution < 1.29 is 14.5 Å². The Balaban J connectivity index is 1.49. The van der Waals surface area contributed by atoms with Gasteiger partial charge in [0.2, 0.25) is 0 Å². The van der Waals surface area contributed by atoms with Gasteiger partial charge < -0.3 is 14.7 Å². The fraction of sp³-hybridized carbons (Fsp3) is 0.0816. The average molecular weight is 760 g/mol. The van der Waals surface area contributed by atoms with Crippen molar-refractivity contribution in [3.63, 3.8) is 0 Å². The molecule has 0 saturated heterocycles. The number of nitro benzene ring substituents is 1. The van der Waals surface area contributed by atoms with E-state index in [1.807, 2.05) is 38.2 Å². The van der Waals surface area contributed by atoms with Crippen LogP contribution in [-0.2, 0) is 4.74 Å². The van der Waals surface area contributed by atoms with Gasteiger partial charge in [-0.05, 0) is 98.2 Å². The summed E-state index contributed by atoms with van der Waals surface area (Å²) in [5, 5.41) is 12.7. The third-order valence-electron chi connectivity index (χ3n) is 10.7. The summed E-state index contributed by atoms with van der Waals surface area (Å²) in [6.07, 6.45) is 7.56. The van der Waals surface area contributed by atoms with E-state index in [-0.39, 0.29) is 16.8 Å². The quantitative estimate of drug-likeness (QED) is 0.0987. The molecule has 0 aliphatic carbocycles. The van der Waals surface area contributed by atoms with Gasteiger partial charge in [-0.2, -0.15) is 0 Å². The number of nitro groups is 1. The molecule has 7 aromatic rings. The summed E-state index contributed by atoms with van der Waals surface area (Å²) in [7, 11) is 1.28. The smallest absolute Gasteiger partial charge is 0.337 e. The number of esters is 1. The Morgan fingerprint density at radius 1 is 0.534 bits per heavy atom. The normalized spacial score (nSPS) is 11.9. The average Bonchev–Trinajstić information content (AvgIpc) is 4.07. The molecule has 2 aliphatic heterocycles. The van der Waals surface area contributed by atoms with E-state index in [1.54, 1.807) is 0 Å². The lowest BCUT2D eigenvalue weighted by Gasteiger charge is -2.09. The first kappa shape index (κ1) is 36.0. The number of fused-ring (bicyclic) bond motifs is 8. The van der Waals surface area contributed by atoms with Crippen molar-refractivity contribution in [1.29, 1.82) is 0 Å². The summed E-state index contributed by atoms with van der Waals surface area (Å²) >= 11 is 0. The molecule has 0 amide bonds. The Labute approximate surface area is 334 Å². The standard InChI is InChI=1S/C49H37N5O4/c1-28-5-11-31(12-6-28)45-36-18-20-38(50-36)46(32-13-7-29(2)8-14-32)40-22-24-42(52-40)48(35-27-34(49(55)58-4)17-26-44(35)54(56)57)43-25-23-41(53-43)47(39-21-19-37(45)51-39)33-15-9-30(3)10-16-33/h5-27,50-51H,1-4H3. The van der Waals surface area contributed by atoms with Crippen molar-refractivity contribution >= 4 is 58.0 Å². The Bertz CT molecular complexity index is 2900. The number of hydrogen-bond acceptors (Lipinski definition) is 6. The van der Waals surface area contributed by atoms with E-state index in [1.165, 1.54) is 25.3 Å². The van der Waals surface area contributed by atoms with Crippen LogP contribution < -0.4 is 0 Å². The van der Waals surface area contributed by atoms with Crippen molar-refractivity contribution in [3.8, 4) is 44.5 Å². The fourth-order valence-electron chi connectivity index (χ4n) is 7.70. The zero-order valence-electron chi connectivity index (χ0n) is 32.3. The molecule has 9 nitrogen and oxygen atoms in total. The van der Waals surface area contributed by atoms with Crippen LogP contribution in [-0.4, -0.2) is 37.9 Å². The van der Waals surface area contributed by atoms with Crippen LogP contribution in [0.3, 0.4) is 0 Å². The first-order valence-corrected chi connectivity index (χ1v) is 18.9. The van der Waals surface area contributed by atoms with Gasteiger partial charge in [-0.3, -0.25) is 10.1 Å². The fourth-order valence-corrected chi connectivity index (χ4v) is 7.70. The third-order valence-corrected chi connectivity index (χ3v) is 10.7. The van der Waals surface area contributed by atoms with Crippen molar-refractivity contribution in [3.05, 3.63) is 170 Å². The molecule has 2 N–H and O–H groups in total. The molecule has 3 aromatic heterocycles. The number of rotatable bonds is 6. The van der Waals surface area contributed by atoms with Gasteiger partial charge in [-0.25, -0.2) is 14.8 Å². The first-order valence-electron chi connectivity index (χ1n) is 18.9. The predicted molar refractivity (Wildman–Crippen MR) is 233 cm³/mol. The molecule has 4 aromatic carbocycles. The summed E-state index contributed by atoms with van der Waals surface area (Å²) in [5.41, 5.74) is 15.3. The van der Waals surface area contributed by atoms with Crippen LogP contribution >= 0.6 is 0 Å². The van der Waals surface area contributed by atoms with Gasteiger partial charge in [0, 0.05) is 50.4 Å². The number of benzene rings is 4. The molecule has 5 heterocycles. The number of aromatic nitrogens is 4. The molecule has 0 atom stereocenters. The maximum atomic E-state index is 12.9. The minimum absolute atomic E-state index is 0.165. The van der Waals surface area contributed by atoms with Crippen molar-refractivity contribution in [2.24, 2.45) is 0 Å². The van der Waals surface area contributed by atoms with Crippen molar-refractivity contribution in [2.45, 2.75) is 20.8 Å². The van der Waals surface area contributed by atoms with Gasteiger partial charge in [-0.15, -0.1) is 0 Å². The van der Waals surface area contributed by atoms with Gasteiger partial charge in [0.05, 0.1) is 45.9 Å². The van der Waals surface area contributed by atoms with E-state index in [4.69, 9.17) is 14.7 Å². The minimum Gasteiger partial charge on any atom is -0.465 e. The van der Waals surface area contributed by atoms with Crippen LogP contribution in [0.2, 0.25) is 0 Å². The number of nitrogens with zero attached hydrogens (tertiary/aromatic N) is 3. The second-order valence-electron chi connectivity index (χ2n) is 14.6. The zero-order valence-corrected chi connectivity index (χ0v) is 32.3. The zero-order chi connectivity index (χ0) is 40.1. The Morgan fingerprint density at radius 3 is 1.31 bits per heavy atom. The van der Waals surface area contributed by atoms with Crippen LogP contribution in [0.4, 0.5) is 5.69 Å². The van der Waals surface area contributed by atoms with Crippen molar-refractivity contribution in [2.75, 3.05) is 7.11 Å². The SMILES string of the molecule is COC(=O)c1ccc([N+](=O)[O-])c(-c2c3nc(c(-c4ccc(C)cc4)c4ccc([nH]4)c(-c4ccc(C)cc4)c4ccc([nH]4)c(-c4ccc(C)cc4)c4nc2C=C4)C=C3)c1. The van der Waals surface area contributed by atoms with Gasteiger partial charge in [-0.1, -0.05) is 89.5 Å². The lowest BCUT2D eigenvalue weighted by Crippen LogP contribution is -2.03. The summed E-state index contributed by atoms with van der Waals surface area (Å²) in [4.78, 5) is 43.1. The van der Waals surface area contributed by atoms with E-state index >= 15 is 0 Å². The lowest BCUT2D eigenvalue weighted by molar-refractivity contribution is -0.384. The minimum atomic E-state index is -0.617. The van der Waals surface area contributed by atoms with E-state index in [0.29, 0.717) is 28.3 Å². The largest absolute Gasteiger partial charge is 0.465 e. The number of ether oxygens (including phenoxy) is 1. The van der Waals surface area contributed by atoms with Crippen LogP contribution in [0.15, 0.2) is 115 Å². The highest BCUT2D eigenvalue weighted by Crippen LogP contribution is 2.41. The number of nitrogens with one attached hydrogen (secondary N) is 2. The van der Waals surface area contributed by atoms with E-state index in [0.717, 1.165) is 72.1 Å².